The molecule has 0 heterocycles. The SMILES string of the molecule is O=C(NC1CCCCC1)[C@H](Cc1ccccc1)NS(=O)(=O)c1ccc(Br)cc1. The molecule has 0 radical (unpaired) electrons. The summed E-state index contributed by atoms with van der Waals surface area (Å²) in [6.07, 6.45) is 5.58. The van der Waals surface area contributed by atoms with Crippen LogP contribution in [0.1, 0.15) is 37.7 Å². The van der Waals surface area contributed by atoms with Crippen LogP contribution in [0.5, 0.6) is 0 Å². The Kier molecular flexibility index (Phi) is 7.26. The second kappa shape index (κ2) is 9.67. The maximum absolute atomic E-state index is 12.9. The molecule has 2 N–H and O–H groups in total. The van der Waals surface area contributed by atoms with Crippen LogP contribution >= 0.6 is 15.9 Å². The molecule has 0 aromatic heterocycles. The Balaban J connectivity index is 1.78. The van der Waals surface area contributed by atoms with Crippen molar-refractivity contribution in [2.45, 2.75) is 55.5 Å². The molecule has 0 unspecified atom stereocenters. The molecule has 5 nitrogen and oxygen atoms in total. The minimum Gasteiger partial charge on any atom is -0.352 e. The molecule has 1 atom stereocenters. The van der Waals surface area contributed by atoms with E-state index in [2.05, 4.69) is 26.0 Å². The number of carbonyl (C=O) groups excluding carboxylic acids is 1. The van der Waals surface area contributed by atoms with Crippen LogP contribution < -0.4 is 10.0 Å². The summed E-state index contributed by atoms with van der Waals surface area (Å²) in [4.78, 5) is 13.1. The first kappa shape index (κ1) is 21.0. The van der Waals surface area contributed by atoms with Crippen molar-refractivity contribution in [2.24, 2.45) is 0 Å². The van der Waals surface area contributed by atoms with Gasteiger partial charge in [-0.25, -0.2) is 8.42 Å². The van der Waals surface area contributed by atoms with Crippen molar-refractivity contribution in [1.82, 2.24) is 10.0 Å². The lowest BCUT2D eigenvalue weighted by Crippen LogP contribution is -2.50. The molecule has 1 aliphatic rings. The quantitative estimate of drug-likeness (QED) is 0.654. The number of hydrogen-bond acceptors (Lipinski definition) is 3. The number of sulfonamides is 1. The number of carbonyl (C=O) groups is 1. The van der Waals surface area contributed by atoms with Crippen molar-refractivity contribution in [3.63, 3.8) is 0 Å². The molecule has 3 rings (SSSR count). The summed E-state index contributed by atoms with van der Waals surface area (Å²) in [5.41, 5.74) is 0.907. The Hall–Kier alpha value is -1.70. The number of halogens is 1. The van der Waals surface area contributed by atoms with Gasteiger partial charge in [-0.05, 0) is 49.1 Å². The van der Waals surface area contributed by atoms with E-state index in [0.717, 1.165) is 35.7 Å². The van der Waals surface area contributed by atoms with Gasteiger partial charge in [-0.15, -0.1) is 0 Å². The van der Waals surface area contributed by atoms with E-state index in [1.807, 2.05) is 30.3 Å². The fourth-order valence-corrected chi connectivity index (χ4v) is 4.92. The summed E-state index contributed by atoms with van der Waals surface area (Å²) < 4.78 is 29.1. The molecule has 7 heteroatoms. The van der Waals surface area contributed by atoms with Gasteiger partial charge in [0.05, 0.1) is 4.90 Å². The summed E-state index contributed by atoms with van der Waals surface area (Å²) >= 11 is 3.31. The van der Waals surface area contributed by atoms with Crippen molar-refractivity contribution >= 4 is 31.9 Å². The fraction of sp³-hybridized carbons (Fsp3) is 0.381. The van der Waals surface area contributed by atoms with E-state index in [4.69, 9.17) is 0 Å². The van der Waals surface area contributed by atoms with Gasteiger partial charge in [0, 0.05) is 10.5 Å². The number of benzene rings is 2. The lowest BCUT2D eigenvalue weighted by Gasteiger charge is -2.26. The molecule has 2 aromatic carbocycles. The predicted octanol–water partition coefficient (Wildman–Crippen LogP) is 3.79. The van der Waals surface area contributed by atoms with Gasteiger partial charge >= 0.3 is 0 Å². The van der Waals surface area contributed by atoms with Gasteiger partial charge in [0.1, 0.15) is 6.04 Å². The third kappa shape index (κ3) is 5.90. The largest absolute Gasteiger partial charge is 0.352 e. The Morgan fingerprint density at radius 3 is 2.29 bits per heavy atom. The van der Waals surface area contributed by atoms with Gasteiger partial charge in [0.25, 0.3) is 0 Å². The van der Waals surface area contributed by atoms with E-state index < -0.39 is 16.1 Å². The number of amides is 1. The third-order valence-electron chi connectivity index (χ3n) is 4.97. The van der Waals surface area contributed by atoms with Gasteiger partial charge in [-0.3, -0.25) is 4.79 Å². The molecule has 1 fully saturated rings. The Morgan fingerprint density at radius 1 is 1.00 bits per heavy atom. The summed E-state index contributed by atoms with van der Waals surface area (Å²) in [5, 5.41) is 3.05. The van der Waals surface area contributed by atoms with E-state index in [1.54, 1.807) is 12.1 Å². The van der Waals surface area contributed by atoms with Crippen molar-refractivity contribution in [3.8, 4) is 0 Å². The van der Waals surface area contributed by atoms with Crippen molar-refractivity contribution in [3.05, 3.63) is 64.6 Å². The molecule has 0 spiro atoms. The second-order valence-corrected chi connectivity index (χ2v) is 9.79. The van der Waals surface area contributed by atoms with Crippen LogP contribution in [0.2, 0.25) is 0 Å². The zero-order valence-electron chi connectivity index (χ0n) is 15.6. The van der Waals surface area contributed by atoms with Gasteiger partial charge in [-0.2, -0.15) is 4.72 Å². The number of rotatable bonds is 7. The van der Waals surface area contributed by atoms with Gasteiger partial charge in [0.15, 0.2) is 0 Å². The first-order valence-electron chi connectivity index (χ1n) is 9.56. The van der Waals surface area contributed by atoms with E-state index in [1.165, 1.54) is 18.6 Å². The first-order chi connectivity index (χ1) is 13.4. The average Bonchev–Trinajstić information content (AvgIpc) is 2.69. The average molecular weight is 465 g/mol. The minimum atomic E-state index is -3.81. The minimum absolute atomic E-state index is 0.122. The highest BCUT2D eigenvalue weighted by Crippen LogP contribution is 2.19. The van der Waals surface area contributed by atoms with E-state index in [9.17, 15) is 13.2 Å². The maximum atomic E-state index is 12.9. The van der Waals surface area contributed by atoms with Crippen LogP contribution in [0.25, 0.3) is 0 Å². The van der Waals surface area contributed by atoms with Crippen molar-refractivity contribution in [1.29, 1.82) is 0 Å². The van der Waals surface area contributed by atoms with Crippen LogP contribution in [-0.2, 0) is 21.2 Å². The molecule has 1 amide bonds. The van der Waals surface area contributed by atoms with E-state index in [0.29, 0.717) is 6.42 Å². The smallest absolute Gasteiger partial charge is 0.241 e. The lowest BCUT2D eigenvalue weighted by atomic mass is 9.95. The molecule has 2 aromatic rings. The van der Waals surface area contributed by atoms with Crippen LogP contribution in [0, 0.1) is 0 Å². The molecule has 0 aliphatic heterocycles. The number of hydrogen-bond donors (Lipinski definition) is 2. The molecule has 0 bridgehead atoms. The zero-order chi connectivity index (χ0) is 20.0. The van der Waals surface area contributed by atoms with Crippen molar-refractivity contribution < 1.29 is 13.2 Å². The first-order valence-corrected chi connectivity index (χ1v) is 11.8. The summed E-state index contributed by atoms with van der Waals surface area (Å²) in [6, 6.07) is 15.1. The standard InChI is InChI=1S/C21H25BrN2O3S/c22-17-11-13-19(14-12-17)28(26,27)24-20(15-16-7-3-1-4-8-16)21(25)23-18-9-5-2-6-10-18/h1,3-4,7-8,11-14,18,20,24H,2,5-6,9-10,15H2,(H,23,25)/t20-/m0/s1. The molecule has 28 heavy (non-hydrogen) atoms. The lowest BCUT2D eigenvalue weighted by molar-refractivity contribution is -0.123. The van der Waals surface area contributed by atoms with Crippen LogP contribution in [0.3, 0.4) is 0 Å². The summed E-state index contributed by atoms with van der Waals surface area (Å²) in [5.74, 6) is -0.267. The molecule has 1 saturated carbocycles. The second-order valence-electron chi connectivity index (χ2n) is 7.16. The molecule has 150 valence electrons. The highest BCUT2D eigenvalue weighted by molar-refractivity contribution is 9.10. The monoisotopic (exact) mass is 464 g/mol. The number of nitrogens with one attached hydrogen (secondary N) is 2. The van der Waals surface area contributed by atoms with Crippen LogP contribution in [0.4, 0.5) is 0 Å². The summed E-state index contributed by atoms with van der Waals surface area (Å²) in [7, 11) is -3.81. The molecule has 1 aliphatic carbocycles. The van der Waals surface area contributed by atoms with E-state index >= 15 is 0 Å². The Morgan fingerprint density at radius 2 is 1.64 bits per heavy atom. The predicted molar refractivity (Wildman–Crippen MR) is 113 cm³/mol. The van der Waals surface area contributed by atoms with Gasteiger partial charge in [0.2, 0.25) is 15.9 Å². The normalized spacial score (nSPS) is 16.5. The highest BCUT2D eigenvalue weighted by atomic mass is 79.9. The highest BCUT2D eigenvalue weighted by Gasteiger charge is 2.28. The molecule has 0 saturated heterocycles. The van der Waals surface area contributed by atoms with Crippen LogP contribution in [-0.4, -0.2) is 26.4 Å². The Labute approximate surface area is 175 Å². The van der Waals surface area contributed by atoms with Gasteiger partial charge in [-0.1, -0.05) is 65.5 Å². The van der Waals surface area contributed by atoms with Gasteiger partial charge < -0.3 is 5.32 Å². The third-order valence-corrected chi connectivity index (χ3v) is 6.99. The van der Waals surface area contributed by atoms with Crippen molar-refractivity contribution in [2.75, 3.05) is 0 Å². The summed E-state index contributed by atoms with van der Waals surface area (Å²) in [6.45, 7) is 0. The topological polar surface area (TPSA) is 75.3 Å². The van der Waals surface area contributed by atoms with Crippen LogP contribution in [0.15, 0.2) is 64.0 Å². The Bertz CT molecular complexity index is 880. The fourth-order valence-electron chi connectivity index (χ4n) is 3.46. The zero-order valence-corrected chi connectivity index (χ0v) is 18.0. The molecular formula is C21H25BrN2O3S. The molecular weight excluding hydrogens is 440 g/mol. The van der Waals surface area contributed by atoms with E-state index in [-0.39, 0.29) is 16.8 Å². The maximum Gasteiger partial charge on any atom is 0.241 e.